The van der Waals surface area contributed by atoms with E-state index in [-0.39, 0.29) is 18.2 Å². The van der Waals surface area contributed by atoms with Crippen molar-refractivity contribution in [3.63, 3.8) is 0 Å². The third-order valence-electron chi connectivity index (χ3n) is 4.17. The summed E-state index contributed by atoms with van der Waals surface area (Å²) in [6.45, 7) is 2.06. The molecule has 5 nitrogen and oxygen atoms in total. The number of nitrogens with zero attached hydrogens (tertiary/aromatic N) is 3. The standard InChI is InChI=1S/C17H17Cl2F3N4OS/c1-10-11(4-2-3-6-27-17(20,21)22)16(19)26-15(10)12(8-13(18)25-26)24-9-14-23-5-7-28-14/h5,7-8,24H,2-4,6,9H2,1H3. The number of hydrogen-bond donors (Lipinski definition) is 1. The number of thiazole rings is 1. The van der Waals surface area contributed by atoms with Gasteiger partial charge in [-0.05, 0) is 37.3 Å². The molecular weight excluding hydrogens is 436 g/mol. The minimum Gasteiger partial charge on any atom is -0.377 e. The second-order valence-corrected chi connectivity index (χ2v) is 7.79. The fourth-order valence-corrected chi connectivity index (χ4v) is 4.03. The first-order valence-corrected chi connectivity index (χ1v) is 10.1. The molecule has 3 aromatic rings. The van der Waals surface area contributed by atoms with Crippen molar-refractivity contribution in [3.8, 4) is 0 Å². The number of aromatic nitrogens is 3. The van der Waals surface area contributed by atoms with E-state index in [1.165, 1.54) is 11.3 Å². The van der Waals surface area contributed by atoms with Crippen LogP contribution in [0.1, 0.15) is 29.0 Å². The Balaban J connectivity index is 1.77. The molecule has 0 fully saturated rings. The van der Waals surface area contributed by atoms with Crippen molar-refractivity contribution < 1.29 is 17.9 Å². The summed E-state index contributed by atoms with van der Waals surface area (Å²) in [5.41, 5.74) is 3.29. The quantitative estimate of drug-likeness (QED) is 0.433. The number of anilines is 1. The average molecular weight is 453 g/mol. The molecule has 152 valence electrons. The molecule has 3 heterocycles. The third-order valence-corrected chi connectivity index (χ3v) is 5.52. The minimum absolute atomic E-state index is 0.269. The molecule has 0 spiro atoms. The van der Waals surface area contributed by atoms with E-state index in [2.05, 4.69) is 20.1 Å². The van der Waals surface area contributed by atoms with Crippen molar-refractivity contribution in [3.05, 3.63) is 44.1 Å². The summed E-state index contributed by atoms with van der Waals surface area (Å²) in [4.78, 5) is 4.24. The van der Waals surface area contributed by atoms with E-state index in [0.29, 0.717) is 24.5 Å². The average Bonchev–Trinajstić information content (AvgIpc) is 3.21. The van der Waals surface area contributed by atoms with Gasteiger partial charge in [0.1, 0.15) is 10.2 Å². The van der Waals surface area contributed by atoms with Crippen molar-refractivity contribution in [1.82, 2.24) is 14.6 Å². The SMILES string of the molecule is Cc1c(CCCCOC(F)(F)F)c(Cl)n2nc(Cl)cc(NCc3nccs3)c12. The summed E-state index contributed by atoms with van der Waals surface area (Å²) in [5, 5.41) is 11.1. The third kappa shape index (κ3) is 5.08. The van der Waals surface area contributed by atoms with Crippen LogP contribution in [-0.4, -0.2) is 27.6 Å². The number of ether oxygens (including phenoxy) is 1. The molecule has 11 heteroatoms. The van der Waals surface area contributed by atoms with Crippen molar-refractivity contribution in [2.24, 2.45) is 0 Å². The van der Waals surface area contributed by atoms with Crippen LogP contribution in [0.4, 0.5) is 18.9 Å². The van der Waals surface area contributed by atoms with Crippen molar-refractivity contribution in [2.75, 3.05) is 11.9 Å². The van der Waals surface area contributed by atoms with Gasteiger partial charge in [-0.3, -0.25) is 4.74 Å². The first-order valence-electron chi connectivity index (χ1n) is 8.45. The van der Waals surface area contributed by atoms with Crippen LogP contribution in [0.2, 0.25) is 10.3 Å². The van der Waals surface area contributed by atoms with E-state index >= 15 is 0 Å². The Kier molecular flexibility index (Phi) is 6.69. The van der Waals surface area contributed by atoms with Gasteiger partial charge < -0.3 is 5.32 Å². The summed E-state index contributed by atoms with van der Waals surface area (Å²) < 4.78 is 41.5. The Hall–Kier alpha value is -1.55. The van der Waals surface area contributed by atoms with Crippen LogP contribution in [0.3, 0.4) is 0 Å². The lowest BCUT2D eigenvalue weighted by Gasteiger charge is -2.08. The molecule has 28 heavy (non-hydrogen) atoms. The van der Waals surface area contributed by atoms with E-state index in [0.717, 1.165) is 27.3 Å². The summed E-state index contributed by atoms with van der Waals surface area (Å²) in [6, 6.07) is 1.72. The highest BCUT2D eigenvalue weighted by Crippen LogP contribution is 2.34. The second-order valence-electron chi connectivity index (χ2n) is 6.07. The van der Waals surface area contributed by atoms with Crippen LogP contribution in [0.5, 0.6) is 0 Å². The van der Waals surface area contributed by atoms with Crippen LogP contribution in [0.25, 0.3) is 5.52 Å². The van der Waals surface area contributed by atoms with Crippen LogP contribution in [0, 0.1) is 6.92 Å². The Bertz CT molecular complexity index is 944. The number of hydrogen-bond acceptors (Lipinski definition) is 5. The van der Waals surface area contributed by atoms with Gasteiger partial charge in [-0.1, -0.05) is 23.2 Å². The van der Waals surface area contributed by atoms with Gasteiger partial charge in [-0.15, -0.1) is 24.5 Å². The van der Waals surface area contributed by atoms with E-state index in [1.807, 2.05) is 12.3 Å². The molecule has 0 saturated carbocycles. The first kappa shape index (κ1) is 21.2. The summed E-state index contributed by atoms with van der Waals surface area (Å²) >= 11 is 14.2. The smallest absolute Gasteiger partial charge is 0.377 e. The van der Waals surface area contributed by atoms with Crippen molar-refractivity contribution in [1.29, 1.82) is 0 Å². The molecule has 1 N–H and O–H groups in total. The zero-order valence-electron chi connectivity index (χ0n) is 14.8. The minimum atomic E-state index is -4.60. The highest BCUT2D eigenvalue weighted by atomic mass is 35.5. The maximum atomic E-state index is 12.1. The number of fused-ring (bicyclic) bond motifs is 1. The normalized spacial score (nSPS) is 12.1. The Morgan fingerprint density at radius 2 is 2.07 bits per heavy atom. The maximum absolute atomic E-state index is 12.1. The van der Waals surface area contributed by atoms with Gasteiger partial charge in [-0.25, -0.2) is 9.50 Å². The first-order chi connectivity index (χ1) is 13.3. The van der Waals surface area contributed by atoms with E-state index < -0.39 is 6.36 Å². The fraction of sp³-hybridized carbons (Fsp3) is 0.412. The predicted octanol–water partition coefficient (Wildman–Crippen LogP) is 5.88. The molecular formula is C17H17Cl2F3N4OS. The number of alkyl halides is 3. The molecule has 0 unspecified atom stereocenters. The molecule has 0 aromatic carbocycles. The van der Waals surface area contributed by atoms with Gasteiger partial charge in [-0.2, -0.15) is 5.10 Å². The number of nitrogens with one attached hydrogen (secondary N) is 1. The molecule has 0 bridgehead atoms. The number of aryl methyl sites for hydroxylation is 1. The lowest BCUT2D eigenvalue weighted by molar-refractivity contribution is -0.324. The van der Waals surface area contributed by atoms with Crippen LogP contribution in [0.15, 0.2) is 17.6 Å². The molecule has 0 aliphatic rings. The van der Waals surface area contributed by atoms with E-state index in [4.69, 9.17) is 23.2 Å². The Labute approximate surface area is 173 Å². The monoisotopic (exact) mass is 452 g/mol. The lowest BCUT2D eigenvalue weighted by atomic mass is 10.1. The topological polar surface area (TPSA) is 51.5 Å². The molecule has 0 radical (unpaired) electrons. The largest absolute Gasteiger partial charge is 0.522 e. The second kappa shape index (κ2) is 8.86. The van der Waals surface area contributed by atoms with Crippen molar-refractivity contribution >= 4 is 45.7 Å². The number of rotatable bonds is 8. The molecule has 0 aliphatic heterocycles. The van der Waals surface area contributed by atoms with Gasteiger partial charge in [0.2, 0.25) is 0 Å². The van der Waals surface area contributed by atoms with E-state index in [1.54, 1.807) is 16.8 Å². The van der Waals surface area contributed by atoms with Crippen LogP contribution < -0.4 is 5.32 Å². The van der Waals surface area contributed by atoms with E-state index in [9.17, 15) is 13.2 Å². The van der Waals surface area contributed by atoms with Crippen molar-refractivity contribution in [2.45, 2.75) is 39.1 Å². The molecule has 0 saturated heterocycles. The summed E-state index contributed by atoms with van der Waals surface area (Å²) in [5.74, 6) is 0. The molecule has 3 aromatic heterocycles. The molecule has 0 atom stereocenters. The van der Waals surface area contributed by atoms with Gasteiger partial charge in [0.15, 0.2) is 5.15 Å². The molecule has 3 rings (SSSR count). The predicted molar refractivity (Wildman–Crippen MR) is 104 cm³/mol. The van der Waals surface area contributed by atoms with Gasteiger partial charge >= 0.3 is 6.36 Å². The summed E-state index contributed by atoms with van der Waals surface area (Å²) in [7, 11) is 0. The highest BCUT2D eigenvalue weighted by molar-refractivity contribution is 7.09. The molecule has 0 aliphatic carbocycles. The summed E-state index contributed by atoms with van der Waals surface area (Å²) in [6.07, 6.45) is -1.58. The zero-order valence-corrected chi connectivity index (χ0v) is 17.1. The van der Waals surface area contributed by atoms with Crippen LogP contribution in [-0.2, 0) is 17.7 Å². The number of halogens is 5. The highest BCUT2D eigenvalue weighted by Gasteiger charge is 2.28. The van der Waals surface area contributed by atoms with Gasteiger partial charge in [0, 0.05) is 17.6 Å². The van der Waals surface area contributed by atoms with Crippen LogP contribution >= 0.6 is 34.5 Å². The number of unbranched alkanes of at least 4 members (excludes halogenated alkanes) is 1. The zero-order chi connectivity index (χ0) is 20.3. The van der Waals surface area contributed by atoms with Gasteiger partial charge in [0.25, 0.3) is 0 Å². The lowest BCUT2D eigenvalue weighted by Crippen LogP contribution is -2.14. The maximum Gasteiger partial charge on any atom is 0.522 e. The fourth-order valence-electron chi connectivity index (χ4n) is 2.93. The Morgan fingerprint density at radius 3 is 2.75 bits per heavy atom. The molecule has 0 amide bonds. The Morgan fingerprint density at radius 1 is 1.29 bits per heavy atom. The van der Waals surface area contributed by atoms with Gasteiger partial charge in [0.05, 0.1) is 24.4 Å².